The number of rotatable bonds is 17. The van der Waals surface area contributed by atoms with E-state index in [-0.39, 0.29) is 41.8 Å². The highest BCUT2D eigenvalue weighted by Crippen LogP contribution is 2.22. The average Bonchev–Trinajstić information content (AvgIpc) is 3.22. The lowest BCUT2D eigenvalue weighted by Gasteiger charge is -2.24. The van der Waals surface area contributed by atoms with E-state index in [1.54, 1.807) is 12.1 Å². The minimum atomic E-state index is -2.12. The lowest BCUT2D eigenvalue weighted by molar-refractivity contribution is -0.115. The van der Waals surface area contributed by atoms with Gasteiger partial charge in [0.1, 0.15) is 20.3 Å². The molecule has 0 aliphatic carbocycles. The first-order valence-electron chi connectivity index (χ1n) is 16.5. The number of carbonyl (C=O) groups excluding carboxylic acids is 5. The van der Waals surface area contributed by atoms with Gasteiger partial charge in [-0.25, -0.2) is 28.0 Å². The molecule has 308 valence electrons. The van der Waals surface area contributed by atoms with Crippen molar-refractivity contribution in [1.29, 1.82) is 0 Å². The molecular weight excluding hydrogens is 982 g/mol. The summed E-state index contributed by atoms with van der Waals surface area (Å²) in [6, 6.07) is 23.7. The van der Waals surface area contributed by atoms with E-state index in [9.17, 15) is 32.8 Å². The Hall–Kier alpha value is -4.12. The van der Waals surface area contributed by atoms with Gasteiger partial charge in [-0.2, -0.15) is 0 Å². The first-order chi connectivity index (χ1) is 27.6. The van der Waals surface area contributed by atoms with Crippen LogP contribution in [0.25, 0.3) is 0 Å². The third-order valence-electron chi connectivity index (χ3n) is 7.33. The summed E-state index contributed by atoms with van der Waals surface area (Å²) >= 11 is 29.4. The van der Waals surface area contributed by atoms with Crippen molar-refractivity contribution in [2.75, 3.05) is 20.3 Å². The van der Waals surface area contributed by atoms with Gasteiger partial charge in [-0.1, -0.05) is 83.4 Å². The number of esters is 4. The number of nitrogens with zero attached hydrogens (tertiary/aromatic N) is 1. The summed E-state index contributed by atoms with van der Waals surface area (Å²) in [7, 11) is 1.25. The number of hydrogen-bond acceptors (Lipinski definition) is 11. The first kappa shape index (κ1) is 48.3. The minimum absolute atomic E-state index is 0.00901. The van der Waals surface area contributed by atoms with E-state index >= 15 is 0 Å². The number of oxime groups is 1. The molecule has 4 aromatic rings. The fraction of sp³-hybridized carbons (Fsp3) is 0.231. The number of benzene rings is 4. The molecule has 0 aromatic heterocycles. The van der Waals surface area contributed by atoms with Gasteiger partial charge in [-0.15, -0.1) is 0 Å². The fourth-order valence-corrected chi connectivity index (χ4v) is 5.92. The number of ether oxygens (including phenoxy) is 4. The van der Waals surface area contributed by atoms with Crippen molar-refractivity contribution in [3.05, 3.63) is 139 Å². The number of aldehydes is 1. The van der Waals surface area contributed by atoms with Gasteiger partial charge < -0.3 is 23.8 Å². The van der Waals surface area contributed by atoms with Crippen LogP contribution >= 0.6 is 78.3 Å². The average molecular weight is 1010 g/mol. The largest absolute Gasteiger partial charge is 0.461 e. The molecule has 4 rings (SSSR count). The molecule has 6 atom stereocenters. The third-order valence-corrected chi connectivity index (χ3v) is 9.91. The smallest absolute Gasteiger partial charge is 0.338 e. The van der Waals surface area contributed by atoms with Crippen LogP contribution in [-0.4, -0.2) is 90.9 Å². The molecule has 0 bridgehead atoms. The molecule has 0 aliphatic rings. The molecule has 0 amide bonds. The highest BCUT2D eigenvalue weighted by atomic mass is 79.9. The Morgan fingerprint density at radius 3 is 1.16 bits per heavy atom. The standard InChI is InChI=1S/C20H17BrCl2FNO5.C19H14BrCl2FO5/c1-28-25-10-17(24)18(30-20(27)13-4-8-15(23)9-5-13)16(21)11-29-19(26)12-2-6-14(22)7-3-12;20-15(10-27-18(25)11-1-5-13(21)6-2-11)17(16(23)9-24)28-19(26)12-3-7-14(22)8-4-12/h2-10,16-18H,11H2,1H3;1-9,15-17H,10H2/t16-,17+,18+;15-,16+,17+/m00/s1. The topological polar surface area (TPSA) is 144 Å². The number of carbonyl (C=O) groups is 5. The van der Waals surface area contributed by atoms with E-state index in [4.69, 9.17) is 65.4 Å². The Labute approximate surface area is 368 Å². The fourth-order valence-electron chi connectivity index (χ4n) is 4.35. The van der Waals surface area contributed by atoms with E-state index in [0.29, 0.717) is 20.1 Å². The highest BCUT2D eigenvalue weighted by Gasteiger charge is 2.34. The summed E-state index contributed by atoms with van der Waals surface area (Å²) < 4.78 is 49.3. The first-order valence-corrected chi connectivity index (χ1v) is 19.8. The predicted octanol–water partition coefficient (Wildman–Crippen LogP) is 9.79. The predicted molar refractivity (Wildman–Crippen MR) is 222 cm³/mol. The van der Waals surface area contributed by atoms with Crippen molar-refractivity contribution < 1.29 is 56.5 Å². The van der Waals surface area contributed by atoms with Crippen molar-refractivity contribution in [3.63, 3.8) is 0 Å². The summed E-state index contributed by atoms with van der Waals surface area (Å²) in [5, 5.41) is 5.14. The van der Waals surface area contributed by atoms with Crippen LogP contribution in [0.3, 0.4) is 0 Å². The summed E-state index contributed by atoms with van der Waals surface area (Å²) in [5.74, 6) is -2.94. The maximum Gasteiger partial charge on any atom is 0.338 e. The Bertz CT molecular complexity index is 2000. The molecule has 0 aliphatic heterocycles. The zero-order chi connectivity index (χ0) is 42.8. The quantitative estimate of drug-likeness (QED) is 0.0251. The molecule has 0 radical (unpaired) electrons. The molecule has 0 heterocycles. The zero-order valence-corrected chi connectivity index (χ0v) is 36.0. The van der Waals surface area contributed by atoms with Gasteiger partial charge in [-0.3, -0.25) is 4.79 Å². The van der Waals surface area contributed by atoms with Crippen LogP contribution < -0.4 is 0 Å². The van der Waals surface area contributed by atoms with Crippen molar-refractivity contribution >= 4 is 115 Å². The number of halogens is 8. The van der Waals surface area contributed by atoms with E-state index in [1.165, 1.54) is 92.0 Å². The van der Waals surface area contributed by atoms with Crippen LogP contribution in [0.4, 0.5) is 8.78 Å². The lowest BCUT2D eigenvalue weighted by Crippen LogP contribution is -2.39. The number of alkyl halides is 4. The molecule has 0 spiro atoms. The van der Waals surface area contributed by atoms with E-state index in [1.807, 2.05) is 0 Å². The molecule has 0 saturated heterocycles. The van der Waals surface area contributed by atoms with Crippen LogP contribution in [0.15, 0.2) is 102 Å². The van der Waals surface area contributed by atoms with Crippen molar-refractivity contribution in [2.24, 2.45) is 5.16 Å². The van der Waals surface area contributed by atoms with Gasteiger partial charge in [-0.05, 0) is 97.1 Å². The van der Waals surface area contributed by atoms with Gasteiger partial charge in [0.25, 0.3) is 0 Å². The molecule has 0 fully saturated rings. The molecular formula is C39H31Br2Cl4F2NO10. The van der Waals surface area contributed by atoms with E-state index < -0.39 is 58.1 Å². The van der Waals surface area contributed by atoms with E-state index in [0.717, 1.165) is 6.21 Å². The summed E-state index contributed by atoms with van der Waals surface area (Å²) in [6.07, 6.45) is -5.96. The van der Waals surface area contributed by atoms with Crippen LogP contribution in [0.1, 0.15) is 41.4 Å². The summed E-state index contributed by atoms with van der Waals surface area (Å²) in [5.41, 5.74) is 0.820. The molecule has 58 heavy (non-hydrogen) atoms. The third kappa shape index (κ3) is 15.9. The second-order valence-corrected chi connectivity index (χ2v) is 15.6. The monoisotopic (exact) mass is 1010 g/mol. The molecule has 0 N–H and O–H groups in total. The summed E-state index contributed by atoms with van der Waals surface area (Å²) in [6.45, 7) is -0.616. The normalized spacial score (nSPS) is 13.9. The number of hydrogen-bond donors (Lipinski definition) is 0. The van der Waals surface area contributed by atoms with E-state index in [2.05, 4.69) is 41.9 Å². The summed E-state index contributed by atoms with van der Waals surface area (Å²) in [4.78, 5) is 62.3. The maximum atomic E-state index is 14.6. The van der Waals surface area contributed by atoms with Gasteiger partial charge in [0.2, 0.25) is 0 Å². The SMILES string of the molecule is CON=C[C@@H](F)[C@H](OC(=O)c1ccc(Cl)cc1)[C@@H](Br)COC(=O)c1ccc(Cl)cc1.O=C[C@@H](F)[C@H](OC(=O)c1ccc(Cl)cc1)[C@@H](Br)COC(=O)c1ccc(Cl)cc1. The zero-order valence-electron chi connectivity index (χ0n) is 29.8. The van der Waals surface area contributed by atoms with Crippen LogP contribution in [-0.2, 0) is 28.6 Å². The van der Waals surface area contributed by atoms with Gasteiger partial charge in [0, 0.05) is 20.1 Å². The molecule has 4 aromatic carbocycles. The molecule has 19 heteroatoms. The second-order valence-electron chi connectivity index (χ2n) is 11.5. The van der Waals surface area contributed by atoms with Gasteiger partial charge in [0.05, 0.1) is 38.1 Å². The van der Waals surface area contributed by atoms with Crippen molar-refractivity contribution in [1.82, 2.24) is 0 Å². The lowest BCUT2D eigenvalue weighted by atomic mass is 10.1. The van der Waals surface area contributed by atoms with Crippen LogP contribution in [0.5, 0.6) is 0 Å². The Morgan fingerprint density at radius 1 is 0.569 bits per heavy atom. The van der Waals surface area contributed by atoms with Gasteiger partial charge >= 0.3 is 23.9 Å². The Kier molecular flexibility index (Phi) is 20.6. The Balaban J connectivity index is 0.000000311. The van der Waals surface area contributed by atoms with Crippen LogP contribution in [0, 0.1) is 0 Å². The van der Waals surface area contributed by atoms with Gasteiger partial charge in [0.15, 0.2) is 30.8 Å². The Morgan fingerprint density at radius 2 is 0.862 bits per heavy atom. The van der Waals surface area contributed by atoms with Crippen molar-refractivity contribution in [2.45, 2.75) is 34.2 Å². The maximum absolute atomic E-state index is 14.6. The highest BCUT2D eigenvalue weighted by molar-refractivity contribution is 9.09. The van der Waals surface area contributed by atoms with Crippen molar-refractivity contribution in [3.8, 4) is 0 Å². The van der Waals surface area contributed by atoms with Crippen LogP contribution in [0.2, 0.25) is 20.1 Å². The second kappa shape index (κ2) is 24.7. The molecule has 11 nitrogen and oxygen atoms in total. The molecule has 0 saturated carbocycles. The minimum Gasteiger partial charge on any atom is -0.461 e. The molecule has 0 unspecified atom stereocenters.